The van der Waals surface area contributed by atoms with Crippen LogP contribution in [0, 0.1) is 29.6 Å². The Morgan fingerprint density at radius 3 is 2.35 bits per heavy atom. The van der Waals surface area contributed by atoms with Crippen LogP contribution < -0.4 is 5.73 Å². The minimum absolute atomic E-state index is 0.899. The van der Waals surface area contributed by atoms with Crippen LogP contribution in [0.2, 0.25) is 0 Å². The Morgan fingerprint density at radius 2 is 1.80 bits per heavy atom. The van der Waals surface area contributed by atoms with Gasteiger partial charge in [0.15, 0.2) is 0 Å². The molecule has 5 rings (SSSR count). The van der Waals surface area contributed by atoms with E-state index in [0.717, 1.165) is 54.1 Å². The number of rotatable bonds is 4. The zero-order valence-corrected chi connectivity index (χ0v) is 12.6. The molecular formula is C17H27N3. The Balaban J connectivity index is 1.43. The highest BCUT2D eigenvalue weighted by atomic mass is 15.1. The summed E-state index contributed by atoms with van der Waals surface area (Å²) < 4.78 is 2.06. The number of nitrogens with zero attached hydrogens (tertiary/aromatic N) is 2. The fourth-order valence-corrected chi connectivity index (χ4v) is 5.69. The van der Waals surface area contributed by atoms with E-state index < -0.39 is 0 Å². The molecule has 0 unspecified atom stereocenters. The summed E-state index contributed by atoms with van der Waals surface area (Å²) in [6.07, 6.45) is 12.0. The highest BCUT2D eigenvalue weighted by Gasteiger charge is 2.47. The summed E-state index contributed by atoms with van der Waals surface area (Å²) in [6, 6.07) is 0. The molecule has 4 aliphatic rings. The highest BCUT2D eigenvalue weighted by Crippen LogP contribution is 2.57. The lowest BCUT2D eigenvalue weighted by molar-refractivity contribution is -0.0394. The van der Waals surface area contributed by atoms with E-state index in [-0.39, 0.29) is 0 Å². The van der Waals surface area contributed by atoms with Gasteiger partial charge in [-0.1, -0.05) is 0 Å². The number of aryl methyl sites for hydroxylation is 2. The fraction of sp³-hybridized carbons (Fsp3) is 0.824. The van der Waals surface area contributed by atoms with Gasteiger partial charge in [-0.05, 0) is 81.5 Å². The number of nitrogen functional groups attached to an aromatic ring is 1. The van der Waals surface area contributed by atoms with Crippen molar-refractivity contribution in [3.05, 3.63) is 12.0 Å². The van der Waals surface area contributed by atoms with E-state index >= 15 is 0 Å². The smallest absolute Gasteiger partial charge is 0.126 e. The number of hydrogen-bond acceptors (Lipinski definition) is 2. The van der Waals surface area contributed by atoms with Crippen molar-refractivity contribution in [2.45, 2.75) is 58.4 Å². The van der Waals surface area contributed by atoms with Crippen molar-refractivity contribution in [2.24, 2.45) is 29.6 Å². The number of anilines is 1. The average molecular weight is 273 g/mol. The van der Waals surface area contributed by atoms with E-state index in [9.17, 15) is 0 Å². The van der Waals surface area contributed by atoms with E-state index in [1.54, 1.807) is 6.42 Å². The van der Waals surface area contributed by atoms with Crippen molar-refractivity contribution >= 4 is 5.82 Å². The van der Waals surface area contributed by atoms with E-state index in [2.05, 4.69) is 16.5 Å². The molecule has 4 fully saturated rings. The van der Waals surface area contributed by atoms with Crippen LogP contribution in [-0.4, -0.2) is 9.55 Å². The first-order chi connectivity index (χ1) is 9.74. The molecule has 1 aromatic heterocycles. The van der Waals surface area contributed by atoms with Gasteiger partial charge in [-0.25, -0.2) is 4.98 Å². The standard InChI is InChI=1S/C17H27N3/c1-2-20-10-19-16(17(20)18)4-3-15-13-6-11-5-12(8-13)9-14(15)7-11/h10-15H,2-9,18H2,1H3. The summed E-state index contributed by atoms with van der Waals surface area (Å²) in [6.45, 7) is 3.05. The van der Waals surface area contributed by atoms with Crippen molar-refractivity contribution in [2.75, 3.05) is 5.73 Å². The van der Waals surface area contributed by atoms with Gasteiger partial charge in [-0.15, -0.1) is 0 Å². The Bertz CT molecular complexity index is 462. The molecule has 3 heteroatoms. The summed E-state index contributed by atoms with van der Waals surface area (Å²) >= 11 is 0. The van der Waals surface area contributed by atoms with Gasteiger partial charge in [0, 0.05) is 6.54 Å². The summed E-state index contributed by atoms with van der Waals surface area (Å²) in [5.74, 6) is 6.09. The lowest BCUT2D eigenvalue weighted by Gasteiger charge is -2.54. The largest absolute Gasteiger partial charge is 0.384 e. The van der Waals surface area contributed by atoms with Crippen LogP contribution in [-0.2, 0) is 13.0 Å². The zero-order valence-electron chi connectivity index (χ0n) is 12.6. The molecule has 0 aliphatic heterocycles. The van der Waals surface area contributed by atoms with Crippen molar-refractivity contribution in [3.8, 4) is 0 Å². The molecule has 0 atom stereocenters. The molecule has 20 heavy (non-hydrogen) atoms. The molecular weight excluding hydrogens is 246 g/mol. The molecule has 2 N–H and O–H groups in total. The topological polar surface area (TPSA) is 43.8 Å². The molecule has 4 aliphatic carbocycles. The second kappa shape index (κ2) is 4.78. The SMILES string of the molecule is CCn1cnc(CCC2C3CC4CC(C3)CC2C4)c1N. The predicted octanol–water partition coefficient (Wildman–Crippen LogP) is 3.49. The molecule has 1 heterocycles. The Labute approximate surface area is 122 Å². The third-order valence-corrected chi connectivity index (χ3v) is 6.44. The molecule has 0 amide bonds. The quantitative estimate of drug-likeness (QED) is 0.912. The Kier molecular flexibility index (Phi) is 3.04. The Hall–Kier alpha value is -0.990. The number of nitrogens with two attached hydrogens (primary N) is 1. The van der Waals surface area contributed by atoms with E-state index in [1.807, 2.05) is 6.33 Å². The van der Waals surface area contributed by atoms with Crippen LogP contribution in [0.25, 0.3) is 0 Å². The van der Waals surface area contributed by atoms with Crippen LogP contribution in [0.4, 0.5) is 5.82 Å². The summed E-state index contributed by atoms with van der Waals surface area (Å²) in [5, 5.41) is 0. The number of hydrogen-bond donors (Lipinski definition) is 1. The Morgan fingerprint density at radius 1 is 1.15 bits per heavy atom. The third kappa shape index (κ3) is 1.97. The van der Waals surface area contributed by atoms with Crippen molar-refractivity contribution in [3.63, 3.8) is 0 Å². The van der Waals surface area contributed by atoms with Gasteiger partial charge < -0.3 is 10.3 Å². The van der Waals surface area contributed by atoms with Crippen molar-refractivity contribution < 1.29 is 0 Å². The van der Waals surface area contributed by atoms with Crippen molar-refractivity contribution in [1.29, 1.82) is 0 Å². The van der Waals surface area contributed by atoms with E-state index in [0.29, 0.717) is 0 Å². The lowest BCUT2D eigenvalue weighted by atomic mass is 9.51. The fourth-order valence-electron chi connectivity index (χ4n) is 5.69. The van der Waals surface area contributed by atoms with Crippen LogP contribution in [0.1, 0.15) is 51.1 Å². The molecule has 0 spiro atoms. The second-order valence-electron chi connectivity index (χ2n) is 7.50. The molecule has 110 valence electrons. The maximum Gasteiger partial charge on any atom is 0.126 e. The molecule has 0 aromatic carbocycles. The molecule has 4 bridgehead atoms. The van der Waals surface area contributed by atoms with Gasteiger partial charge >= 0.3 is 0 Å². The predicted molar refractivity (Wildman–Crippen MR) is 81.2 cm³/mol. The van der Waals surface area contributed by atoms with Crippen LogP contribution in [0.15, 0.2) is 6.33 Å². The maximum atomic E-state index is 6.17. The first-order valence-electron chi connectivity index (χ1n) is 8.54. The minimum Gasteiger partial charge on any atom is -0.384 e. The van der Waals surface area contributed by atoms with Gasteiger partial charge in [0.05, 0.1) is 12.0 Å². The molecule has 3 nitrogen and oxygen atoms in total. The monoisotopic (exact) mass is 273 g/mol. The van der Waals surface area contributed by atoms with Crippen LogP contribution in [0.3, 0.4) is 0 Å². The van der Waals surface area contributed by atoms with Gasteiger partial charge in [-0.3, -0.25) is 0 Å². The molecule has 0 radical (unpaired) electrons. The molecule has 1 aromatic rings. The van der Waals surface area contributed by atoms with Crippen LogP contribution >= 0.6 is 0 Å². The second-order valence-corrected chi connectivity index (χ2v) is 7.50. The molecule has 0 saturated heterocycles. The average Bonchev–Trinajstić information content (AvgIpc) is 2.78. The van der Waals surface area contributed by atoms with Gasteiger partial charge in [-0.2, -0.15) is 0 Å². The molecule has 4 saturated carbocycles. The first kappa shape index (κ1) is 12.7. The lowest BCUT2D eigenvalue weighted by Crippen LogP contribution is -2.45. The van der Waals surface area contributed by atoms with Gasteiger partial charge in [0.2, 0.25) is 0 Å². The van der Waals surface area contributed by atoms with E-state index in [1.165, 1.54) is 32.1 Å². The van der Waals surface area contributed by atoms with Gasteiger partial charge in [0.1, 0.15) is 5.82 Å². The third-order valence-electron chi connectivity index (χ3n) is 6.44. The summed E-state index contributed by atoms with van der Waals surface area (Å²) in [5.41, 5.74) is 7.31. The van der Waals surface area contributed by atoms with Crippen molar-refractivity contribution in [1.82, 2.24) is 9.55 Å². The summed E-state index contributed by atoms with van der Waals surface area (Å²) in [7, 11) is 0. The van der Waals surface area contributed by atoms with E-state index in [4.69, 9.17) is 5.73 Å². The normalized spacial score (nSPS) is 38.5. The highest BCUT2D eigenvalue weighted by molar-refractivity contribution is 5.35. The number of aromatic nitrogens is 2. The zero-order chi connectivity index (χ0) is 13.7. The first-order valence-corrected chi connectivity index (χ1v) is 8.54. The number of imidazole rings is 1. The van der Waals surface area contributed by atoms with Crippen LogP contribution in [0.5, 0.6) is 0 Å². The van der Waals surface area contributed by atoms with Gasteiger partial charge in [0.25, 0.3) is 0 Å². The maximum absolute atomic E-state index is 6.17. The summed E-state index contributed by atoms with van der Waals surface area (Å²) in [4.78, 5) is 4.53. The minimum atomic E-state index is 0.899.